The van der Waals surface area contributed by atoms with Crippen molar-refractivity contribution >= 4 is 60.3 Å². The highest BCUT2D eigenvalue weighted by atomic mass is 32.2. The van der Waals surface area contributed by atoms with Gasteiger partial charge in [0.1, 0.15) is 11.6 Å². The zero-order valence-corrected chi connectivity index (χ0v) is 50.0. The number of aromatic nitrogens is 4. The Hall–Kier alpha value is -7.04. The molecule has 0 saturated heterocycles. The fourth-order valence-electron chi connectivity index (χ4n) is 9.32. The van der Waals surface area contributed by atoms with E-state index in [4.69, 9.17) is 0 Å². The Morgan fingerprint density at radius 2 is 0.940 bits per heavy atom. The average molecular weight is 1230 g/mol. The van der Waals surface area contributed by atoms with Crippen molar-refractivity contribution in [2.24, 2.45) is 25.9 Å². The number of pyridine rings is 4. The molecule has 4 aliphatic heterocycles. The lowest BCUT2D eigenvalue weighted by Crippen LogP contribution is -2.38. The van der Waals surface area contributed by atoms with E-state index in [-0.39, 0.29) is 51.8 Å². The lowest BCUT2D eigenvalue weighted by atomic mass is 10.0. The first kappa shape index (κ1) is 63.0. The zero-order chi connectivity index (χ0) is 60.1. The van der Waals surface area contributed by atoms with Crippen LogP contribution in [0.25, 0.3) is 0 Å². The van der Waals surface area contributed by atoms with Crippen molar-refractivity contribution in [3.63, 3.8) is 0 Å². The van der Waals surface area contributed by atoms with Crippen LogP contribution in [0.2, 0.25) is 0 Å². The summed E-state index contributed by atoms with van der Waals surface area (Å²) in [4.78, 5) is 32.9. The number of nitrogens with one attached hydrogen (secondary N) is 4. The molecule has 0 unspecified atom stereocenters. The smallest absolute Gasteiger partial charge is 0.258 e. The highest BCUT2D eigenvalue weighted by molar-refractivity contribution is 8.06. The van der Waals surface area contributed by atoms with Gasteiger partial charge < -0.3 is 0 Å². The van der Waals surface area contributed by atoms with Gasteiger partial charge in [-0.05, 0) is 137 Å². The standard InChI is InChI=1S/C16H17N3O2S.C15H13F2N3O2S.C14H21N3O2S.C13H15N3O2S/c1-12-4-6-13(7-5-12)8-10-19-22(20,21)16-14-3-2-9-17-15(14)11-18-16;16-11-6-10(7-12(17)8-11)3-5-20-23(21,22)15-13-2-1-4-18-14(13)9-19-15;1-10(2)6-7-11(3)17-20(18,19)14-12-5-4-8-15-13(12)9-16-14;17-19(18,16-10-5-2-1-3-6-10)13-11-7-4-8-14-12(11)9-15-13/h2-7,9,19H,8,10-11H2,1H3;1-2,4,6-8,20H,3,5,9H2;4-5,8,10-11,17H,6-7,9H2,1-3H3;2,4-5,7-8,10,16H,1,3,6,9H2/t;;11-;10-/m..00/s1. The van der Waals surface area contributed by atoms with Crippen molar-refractivity contribution in [1.82, 2.24) is 38.8 Å². The van der Waals surface area contributed by atoms with Crippen LogP contribution in [0, 0.1) is 24.5 Å². The van der Waals surface area contributed by atoms with E-state index in [0.717, 1.165) is 55.1 Å². The van der Waals surface area contributed by atoms with Crippen molar-refractivity contribution < 1.29 is 42.5 Å². The summed E-state index contributed by atoms with van der Waals surface area (Å²) in [5, 5.41) is 0.289. The number of hydrogen-bond donors (Lipinski definition) is 4. The van der Waals surface area contributed by atoms with Gasteiger partial charge in [0, 0.05) is 78.3 Å². The molecule has 444 valence electrons. The molecule has 84 heavy (non-hydrogen) atoms. The fraction of sp³-hybridized carbons (Fsp3) is 0.345. The van der Waals surface area contributed by atoms with Gasteiger partial charge in [-0.2, -0.15) is 0 Å². The second-order valence-electron chi connectivity index (χ2n) is 20.6. The monoisotopic (exact) mass is 1220 g/mol. The minimum Gasteiger partial charge on any atom is -0.265 e. The van der Waals surface area contributed by atoms with Crippen LogP contribution in [0.15, 0.2) is 148 Å². The third-order valence-electron chi connectivity index (χ3n) is 13.5. The van der Waals surface area contributed by atoms with Gasteiger partial charge in [-0.1, -0.05) is 55.8 Å². The summed E-state index contributed by atoms with van der Waals surface area (Å²) in [7, 11) is -14.5. The molecular weight excluding hydrogens is 1160 g/mol. The molecule has 0 spiro atoms. The molecule has 2 aromatic carbocycles. The van der Waals surface area contributed by atoms with Crippen LogP contribution in [0.5, 0.6) is 0 Å². The van der Waals surface area contributed by atoms with Crippen molar-refractivity contribution in [3.8, 4) is 0 Å². The Balaban J connectivity index is 0.000000146. The van der Waals surface area contributed by atoms with E-state index in [2.05, 4.69) is 72.6 Å². The molecule has 0 fully saturated rings. The van der Waals surface area contributed by atoms with Crippen molar-refractivity contribution in [3.05, 3.63) is 201 Å². The summed E-state index contributed by atoms with van der Waals surface area (Å²) in [6, 6.07) is 24.7. The lowest BCUT2D eigenvalue weighted by Gasteiger charge is -2.18. The third-order valence-corrected chi connectivity index (χ3v) is 19.5. The number of allylic oxidation sites excluding steroid dienone is 1. The van der Waals surface area contributed by atoms with Crippen molar-refractivity contribution in [1.29, 1.82) is 0 Å². The Morgan fingerprint density at radius 3 is 1.36 bits per heavy atom. The van der Waals surface area contributed by atoms with Gasteiger partial charge in [-0.15, -0.1) is 0 Å². The maximum atomic E-state index is 13.1. The van der Waals surface area contributed by atoms with E-state index in [1.165, 1.54) is 17.7 Å². The van der Waals surface area contributed by atoms with E-state index in [9.17, 15) is 42.5 Å². The molecule has 20 nitrogen and oxygen atoms in total. The summed E-state index contributed by atoms with van der Waals surface area (Å²) >= 11 is 0. The fourth-order valence-corrected chi connectivity index (χ4v) is 14.6. The Bertz CT molecular complexity index is 3960. The van der Waals surface area contributed by atoms with Gasteiger partial charge in [-0.3, -0.25) is 39.9 Å². The first-order valence-corrected chi connectivity index (χ1v) is 33.2. The molecule has 4 aromatic heterocycles. The topological polar surface area (TPSA) is 286 Å². The molecule has 1 aliphatic carbocycles. The Kier molecular flexibility index (Phi) is 21.2. The van der Waals surface area contributed by atoms with Crippen molar-refractivity contribution in [2.45, 2.75) is 111 Å². The van der Waals surface area contributed by atoms with E-state index in [1.807, 2.05) is 50.3 Å². The van der Waals surface area contributed by atoms with Crippen LogP contribution < -0.4 is 18.9 Å². The van der Waals surface area contributed by atoms with E-state index in [1.54, 1.807) is 73.3 Å². The highest BCUT2D eigenvalue weighted by Crippen LogP contribution is 2.24. The summed E-state index contributed by atoms with van der Waals surface area (Å²) < 4.78 is 135. The van der Waals surface area contributed by atoms with Gasteiger partial charge in [0.15, 0.2) is 20.2 Å². The molecule has 0 saturated carbocycles. The maximum Gasteiger partial charge on any atom is 0.258 e. The predicted molar refractivity (Wildman–Crippen MR) is 321 cm³/mol. The largest absolute Gasteiger partial charge is 0.265 e. The summed E-state index contributed by atoms with van der Waals surface area (Å²) in [6.45, 7) is 9.76. The summed E-state index contributed by atoms with van der Waals surface area (Å²) in [6.07, 6.45) is 16.0. The molecule has 8 heterocycles. The van der Waals surface area contributed by atoms with Crippen LogP contribution in [0.4, 0.5) is 8.78 Å². The van der Waals surface area contributed by atoms with Crippen LogP contribution in [0.3, 0.4) is 0 Å². The van der Waals surface area contributed by atoms with E-state index in [0.29, 0.717) is 77.7 Å². The van der Waals surface area contributed by atoms with Gasteiger partial charge in [0.05, 0.1) is 49.0 Å². The second-order valence-corrected chi connectivity index (χ2v) is 27.2. The first-order chi connectivity index (χ1) is 40.1. The molecule has 6 aromatic rings. The number of rotatable bonds is 15. The highest BCUT2D eigenvalue weighted by Gasteiger charge is 2.32. The first-order valence-electron chi connectivity index (χ1n) is 27.2. The van der Waals surface area contributed by atoms with E-state index < -0.39 is 51.7 Å². The summed E-state index contributed by atoms with van der Waals surface area (Å²) in [5.74, 6) is -0.818. The normalized spacial score (nSPS) is 16.2. The Morgan fingerprint density at radius 1 is 0.524 bits per heavy atom. The zero-order valence-electron chi connectivity index (χ0n) is 46.8. The van der Waals surface area contributed by atoms with Gasteiger partial charge >= 0.3 is 0 Å². The van der Waals surface area contributed by atoms with Gasteiger partial charge in [0.25, 0.3) is 40.1 Å². The number of halogens is 2. The number of hydrogen-bond acceptors (Lipinski definition) is 16. The molecular formula is C58H66F2N12O8S4. The Labute approximate surface area is 490 Å². The van der Waals surface area contributed by atoms with Crippen molar-refractivity contribution in [2.75, 3.05) is 13.1 Å². The predicted octanol–water partition coefficient (Wildman–Crippen LogP) is 7.05. The lowest BCUT2D eigenvalue weighted by molar-refractivity contribution is 0.488. The maximum absolute atomic E-state index is 13.1. The molecule has 26 heteroatoms. The van der Waals surface area contributed by atoms with Crippen LogP contribution in [0.1, 0.15) is 115 Å². The molecule has 0 amide bonds. The minimum atomic E-state index is -3.79. The molecule has 0 radical (unpaired) electrons. The van der Waals surface area contributed by atoms with Gasteiger partial charge in [-0.25, -0.2) is 61.3 Å². The number of nitrogens with zero attached hydrogens (tertiary/aromatic N) is 8. The average Bonchev–Trinajstić information content (AvgIpc) is 3.67. The number of aliphatic imine (C=N–C) groups is 4. The number of aryl methyl sites for hydroxylation is 1. The number of benzene rings is 2. The minimum absolute atomic E-state index is 0.0137. The third kappa shape index (κ3) is 16.9. The quantitative estimate of drug-likeness (QED) is 0.0753. The van der Waals surface area contributed by atoms with Crippen LogP contribution >= 0.6 is 0 Å². The van der Waals surface area contributed by atoms with Crippen LogP contribution in [-0.2, 0) is 79.1 Å². The number of fused-ring (bicyclic) bond motifs is 4. The SMILES string of the molecule is CC(C)CC[C@H](C)NS(=O)(=O)C1=NCc2ncccc21.Cc1ccc(CCNS(=O)(=O)C2=NCc3ncccc32)cc1.O=S(=O)(NCCc1cc(F)cc(F)c1)C1=NCc2ncccc21.O=S(=O)(N[C@H]1C=CCCC1)C1=NCc2ncccc21. The molecule has 11 rings (SSSR count). The van der Waals surface area contributed by atoms with E-state index >= 15 is 0 Å². The number of sulfonamides is 4. The summed E-state index contributed by atoms with van der Waals surface area (Å²) in [5.41, 5.74) is 7.76. The molecule has 5 aliphatic rings. The molecule has 4 N–H and O–H groups in total. The van der Waals surface area contributed by atoms with Gasteiger partial charge in [0.2, 0.25) is 0 Å². The second kappa shape index (κ2) is 28.2. The molecule has 2 atom stereocenters. The van der Waals surface area contributed by atoms with Crippen LogP contribution in [-0.4, -0.2) is 99.0 Å². The molecule has 0 bridgehead atoms.